The molecule has 16 heavy (non-hydrogen) atoms. The van der Waals surface area contributed by atoms with E-state index in [-0.39, 0.29) is 6.54 Å². The second-order valence-electron chi connectivity index (χ2n) is 3.01. The molecule has 0 saturated heterocycles. The molecule has 1 amide bonds. The maximum absolute atomic E-state index is 10.8. The van der Waals surface area contributed by atoms with Gasteiger partial charge in [0.1, 0.15) is 12.4 Å². The third kappa shape index (κ3) is 3.27. The van der Waals surface area contributed by atoms with Crippen LogP contribution in [0.3, 0.4) is 0 Å². The van der Waals surface area contributed by atoms with Gasteiger partial charge in [0, 0.05) is 17.6 Å². The van der Waals surface area contributed by atoms with Gasteiger partial charge in [-0.2, -0.15) is 0 Å². The SMILES string of the molecule is COc1cc(Cl)c(CNC(=O)CO)cc1Cl. The van der Waals surface area contributed by atoms with Crippen LogP contribution < -0.4 is 10.1 Å². The van der Waals surface area contributed by atoms with Crippen molar-refractivity contribution in [1.82, 2.24) is 5.32 Å². The Labute approximate surface area is 103 Å². The first-order chi connectivity index (χ1) is 7.58. The largest absolute Gasteiger partial charge is 0.495 e. The number of halogens is 2. The lowest BCUT2D eigenvalue weighted by molar-refractivity contribution is -0.123. The minimum absolute atomic E-state index is 0.210. The van der Waals surface area contributed by atoms with Gasteiger partial charge in [-0.25, -0.2) is 0 Å². The van der Waals surface area contributed by atoms with E-state index in [0.29, 0.717) is 21.4 Å². The molecule has 1 rings (SSSR count). The molecule has 0 aliphatic carbocycles. The zero-order chi connectivity index (χ0) is 12.1. The zero-order valence-corrected chi connectivity index (χ0v) is 10.1. The van der Waals surface area contributed by atoms with Crippen LogP contribution in [0.5, 0.6) is 5.75 Å². The van der Waals surface area contributed by atoms with E-state index in [4.69, 9.17) is 33.0 Å². The molecule has 0 aromatic heterocycles. The lowest BCUT2D eigenvalue weighted by atomic mass is 10.2. The summed E-state index contributed by atoms with van der Waals surface area (Å²) in [6.45, 7) is -0.344. The van der Waals surface area contributed by atoms with E-state index in [0.717, 1.165) is 0 Å². The van der Waals surface area contributed by atoms with Gasteiger partial charge >= 0.3 is 0 Å². The molecule has 0 bridgehead atoms. The lowest BCUT2D eigenvalue weighted by Gasteiger charge is -2.09. The third-order valence-corrected chi connectivity index (χ3v) is 2.59. The van der Waals surface area contributed by atoms with Gasteiger partial charge in [-0.3, -0.25) is 4.79 Å². The third-order valence-electron chi connectivity index (χ3n) is 1.94. The molecule has 0 aliphatic heterocycles. The van der Waals surface area contributed by atoms with Gasteiger partial charge in [0.25, 0.3) is 0 Å². The smallest absolute Gasteiger partial charge is 0.245 e. The van der Waals surface area contributed by atoms with Crippen molar-refractivity contribution in [3.8, 4) is 5.75 Å². The lowest BCUT2D eigenvalue weighted by Crippen LogP contribution is -2.25. The number of rotatable bonds is 4. The number of carbonyl (C=O) groups is 1. The summed E-state index contributed by atoms with van der Waals surface area (Å²) in [7, 11) is 1.49. The predicted octanol–water partition coefficient (Wildman–Crippen LogP) is 1.61. The van der Waals surface area contributed by atoms with E-state index in [2.05, 4.69) is 5.32 Å². The Morgan fingerprint density at radius 3 is 2.69 bits per heavy atom. The first kappa shape index (κ1) is 13.1. The van der Waals surface area contributed by atoms with Crippen LogP contribution in [0.15, 0.2) is 12.1 Å². The minimum Gasteiger partial charge on any atom is -0.495 e. The van der Waals surface area contributed by atoms with E-state index in [1.54, 1.807) is 12.1 Å². The predicted molar refractivity (Wildman–Crippen MR) is 61.9 cm³/mol. The van der Waals surface area contributed by atoms with Crippen LogP contribution in [0, 0.1) is 0 Å². The Hall–Kier alpha value is -0.970. The Morgan fingerprint density at radius 1 is 1.44 bits per heavy atom. The number of benzene rings is 1. The van der Waals surface area contributed by atoms with Gasteiger partial charge in [-0.1, -0.05) is 23.2 Å². The molecule has 4 nitrogen and oxygen atoms in total. The molecule has 0 atom stereocenters. The van der Waals surface area contributed by atoms with Crippen LogP contribution in [0.25, 0.3) is 0 Å². The van der Waals surface area contributed by atoms with E-state index < -0.39 is 12.5 Å². The summed E-state index contributed by atoms with van der Waals surface area (Å²) in [6.07, 6.45) is 0. The molecule has 0 aliphatic rings. The summed E-state index contributed by atoms with van der Waals surface area (Å²) in [6, 6.07) is 3.19. The molecule has 1 aromatic carbocycles. The van der Waals surface area contributed by atoms with Gasteiger partial charge in [-0.15, -0.1) is 0 Å². The molecule has 2 N–H and O–H groups in total. The molecule has 0 saturated carbocycles. The van der Waals surface area contributed by atoms with Crippen LogP contribution in [-0.4, -0.2) is 24.7 Å². The van der Waals surface area contributed by atoms with Gasteiger partial charge < -0.3 is 15.2 Å². The highest BCUT2D eigenvalue weighted by atomic mass is 35.5. The Kier molecular flexibility index (Phi) is 4.86. The number of amides is 1. The van der Waals surface area contributed by atoms with Gasteiger partial charge in [-0.05, 0) is 11.6 Å². The number of methoxy groups -OCH3 is 1. The van der Waals surface area contributed by atoms with Crippen molar-refractivity contribution in [3.05, 3.63) is 27.7 Å². The fourth-order valence-corrected chi connectivity index (χ4v) is 1.60. The van der Waals surface area contributed by atoms with Crippen molar-refractivity contribution in [3.63, 3.8) is 0 Å². The fraction of sp³-hybridized carbons (Fsp3) is 0.300. The monoisotopic (exact) mass is 263 g/mol. The van der Waals surface area contributed by atoms with Gasteiger partial charge in [0.05, 0.1) is 12.1 Å². The van der Waals surface area contributed by atoms with Crippen molar-refractivity contribution < 1.29 is 14.6 Å². The summed E-state index contributed by atoms with van der Waals surface area (Å²) < 4.78 is 4.98. The average molecular weight is 264 g/mol. The standard InChI is InChI=1S/C10H11Cl2NO3/c1-16-9-3-7(11)6(2-8(9)12)4-13-10(15)5-14/h2-3,14H,4-5H2,1H3,(H,13,15). The number of carbonyl (C=O) groups excluding carboxylic acids is 1. The quantitative estimate of drug-likeness (QED) is 0.868. The molecule has 6 heteroatoms. The first-order valence-corrected chi connectivity index (χ1v) is 5.23. The molecular formula is C10H11Cl2NO3. The van der Waals surface area contributed by atoms with Crippen molar-refractivity contribution >= 4 is 29.1 Å². The highest BCUT2D eigenvalue weighted by molar-refractivity contribution is 6.34. The Balaban J connectivity index is 2.81. The van der Waals surface area contributed by atoms with Crippen LogP contribution in [0.1, 0.15) is 5.56 Å². The summed E-state index contributed by atoms with van der Waals surface area (Å²) in [5.41, 5.74) is 0.661. The normalized spacial score (nSPS) is 10.0. The number of nitrogens with one attached hydrogen (secondary N) is 1. The highest BCUT2D eigenvalue weighted by Gasteiger charge is 2.08. The van der Waals surface area contributed by atoms with Gasteiger partial charge in [0.15, 0.2) is 0 Å². The zero-order valence-electron chi connectivity index (χ0n) is 8.59. The number of hydrogen-bond donors (Lipinski definition) is 2. The van der Waals surface area contributed by atoms with Crippen LogP contribution >= 0.6 is 23.2 Å². The topological polar surface area (TPSA) is 58.6 Å². The second kappa shape index (κ2) is 5.94. The van der Waals surface area contributed by atoms with Crippen LogP contribution in [0.2, 0.25) is 10.0 Å². The van der Waals surface area contributed by atoms with Crippen molar-refractivity contribution in [2.45, 2.75) is 6.54 Å². The van der Waals surface area contributed by atoms with E-state index in [9.17, 15) is 4.79 Å². The molecule has 0 radical (unpaired) electrons. The van der Waals surface area contributed by atoms with E-state index in [1.807, 2.05) is 0 Å². The summed E-state index contributed by atoms with van der Waals surface area (Å²) >= 11 is 11.9. The molecule has 88 valence electrons. The molecule has 0 spiro atoms. The summed E-state index contributed by atoms with van der Waals surface area (Å²) in [4.78, 5) is 10.8. The van der Waals surface area contributed by atoms with Crippen LogP contribution in [0.4, 0.5) is 0 Å². The number of ether oxygens (including phenoxy) is 1. The average Bonchev–Trinajstić information content (AvgIpc) is 2.29. The molecule has 1 aromatic rings. The van der Waals surface area contributed by atoms with Gasteiger partial charge in [0.2, 0.25) is 5.91 Å². The van der Waals surface area contributed by atoms with Crippen LogP contribution in [-0.2, 0) is 11.3 Å². The van der Waals surface area contributed by atoms with Crippen molar-refractivity contribution in [1.29, 1.82) is 0 Å². The minimum atomic E-state index is -0.554. The fourth-order valence-electron chi connectivity index (χ4n) is 1.11. The Bertz CT molecular complexity index is 396. The first-order valence-electron chi connectivity index (χ1n) is 4.48. The summed E-state index contributed by atoms with van der Waals surface area (Å²) in [5.74, 6) is 0.00640. The Morgan fingerprint density at radius 2 is 2.12 bits per heavy atom. The number of aliphatic hydroxyl groups excluding tert-OH is 1. The van der Waals surface area contributed by atoms with Crippen molar-refractivity contribution in [2.24, 2.45) is 0 Å². The molecular weight excluding hydrogens is 253 g/mol. The number of hydrogen-bond acceptors (Lipinski definition) is 3. The molecule has 0 unspecified atom stereocenters. The highest BCUT2D eigenvalue weighted by Crippen LogP contribution is 2.30. The second-order valence-corrected chi connectivity index (χ2v) is 3.83. The molecule has 0 heterocycles. The number of aliphatic hydroxyl groups is 1. The van der Waals surface area contributed by atoms with E-state index >= 15 is 0 Å². The maximum atomic E-state index is 10.8. The molecule has 0 fully saturated rings. The maximum Gasteiger partial charge on any atom is 0.245 e. The van der Waals surface area contributed by atoms with Crippen molar-refractivity contribution in [2.75, 3.05) is 13.7 Å². The van der Waals surface area contributed by atoms with E-state index in [1.165, 1.54) is 7.11 Å². The summed E-state index contributed by atoms with van der Waals surface area (Å²) in [5, 5.41) is 11.9.